The van der Waals surface area contributed by atoms with Gasteiger partial charge in [-0.3, -0.25) is 4.79 Å². The molecule has 0 amide bonds. The predicted molar refractivity (Wildman–Crippen MR) is 37.2 cm³/mol. The Morgan fingerprint density at radius 2 is 2.00 bits per heavy atom. The van der Waals surface area contributed by atoms with Gasteiger partial charge in [0.25, 0.3) is 0 Å². The smallest absolute Gasteiger partial charge is 0.298 e. The Morgan fingerprint density at radius 1 is 1.45 bits per heavy atom. The van der Waals surface area contributed by atoms with E-state index in [-0.39, 0.29) is 5.92 Å². The summed E-state index contributed by atoms with van der Waals surface area (Å²) in [4.78, 5) is 10.8. The molecule has 0 atom stereocenters. The van der Waals surface area contributed by atoms with E-state index in [1.807, 2.05) is 0 Å². The van der Waals surface area contributed by atoms with Gasteiger partial charge in [-0.2, -0.15) is 8.42 Å². The van der Waals surface area contributed by atoms with E-state index in [0.29, 0.717) is 12.8 Å². The minimum atomic E-state index is -4.59. The van der Waals surface area contributed by atoms with Gasteiger partial charge in [-0.1, -0.05) is 6.42 Å². The summed E-state index contributed by atoms with van der Waals surface area (Å²) in [6.45, 7) is 0. The third-order valence-corrected chi connectivity index (χ3v) is 2.50. The van der Waals surface area contributed by atoms with E-state index in [1.165, 1.54) is 0 Å². The molecule has 64 valence electrons. The van der Waals surface area contributed by atoms with Crippen LogP contribution in [0.1, 0.15) is 19.3 Å². The van der Waals surface area contributed by atoms with E-state index >= 15 is 0 Å². The molecule has 0 saturated heterocycles. The van der Waals surface area contributed by atoms with E-state index in [4.69, 9.17) is 0 Å². The van der Waals surface area contributed by atoms with Gasteiger partial charge in [-0.05, 0) is 12.8 Å². The Labute approximate surface area is 64.8 Å². The normalized spacial score (nSPS) is 19.4. The van der Waals surface area contributed by atoms with Crippen molar-refractivity contribution in [3.8, 4) is 0 Å². The molecule has 0 spiro atoms. The highest BCUT2D eigenvalue weighted by Gasteiger charge is 2.28. The van der Waals surface area contributed by atoms with Gasteiger partial charge in [0.05, 0.1) is 0 Å². The summed E-state index contributed by atoms with van der Waals surface area (Å²) < 4.78 is 31.9. The highest BCUT2D eigenvalue weighted by molar-refractivity contribution is 7.87. The lowest BCUT2D eigenvalue weighted by molar-refractivity contribution is -0.122. The van der Waals surface area contributed by atoms with Crippen LogP contribution in [-0.2, 0) is 15.0 Å². The van der Waals surface area contributed by atoms with E-state index in [9.17, 15) is 17.1 Å². The van der Waals surface area contributed by atoms with Gasteiger partial charge in [0.1, 0.15) is 5.75 Å². The highest BCUT2D eigenvalue weighted by Crippen LogP contribution is 2.27. The van der Waals surface area contributed by atoms with Gasteiger partial charge in [-0.15, -0.1) is 3.89 Å². The SMILES string of the molecule is O=C(CS(=O)(=O)F)C1CCC1. The zero-order chi connectivity index (χ0) is 8.48. The number of carbonyl (C=O) groups excluding carboxylic acids is 1. The fourth-order valence-electron chi connectivity index (χ4n) is 1.02. The maximum atomic E-state index is 11.9. The monoisotopic (exact) mass is 180 g/mol. The van der Waals surface area contributed by atoms with Crippen molar-refractivity contribution >= 4 is 16.0 Å². The number of rotatable bonds is 3. The van der Waals surface area contributed by atoms with Crippen molar-refractivity contribution in [3.05, 3.63) is 0 Å². The van der Waals surface area contributed by atoms with Crippen LogP contribution in [-0.4, -0.2) is 20.0 Å². The number of halogens is 1. The standard InChI is InChI=1S/C6H9FO3S/c7-11(9,10)4-6(8)5-2-1-3-5/h5H,1-4H2. The molecule has 0 aliphatic heterocycles. The minimum Gasteiger partial charge on any atom is -0.298 e. The third-order valence-electron chi connectivity index (χ3n) is 1.88. The van der Waals surface area contributed by atoms with E-state index in [2.05, 4.69) is 0 Å². The second-order valence-electron chi connectivity index (χ2n) is 2.78. The van der Waals surface area contributed by atoms with Gasteiger partial charge >= 0.3 is 10.2 Å². The van der Waals surface area contributed by atoms with Crippen LogP contribution >= 0.6 is 0 Å². The third kappa shape index (κ3) is 2.57. The first-order valence-corrected chi connectivity index (χ1v) is 4.99. The summed E-state index contributed by atoms with van der Waals surface area (Å²) in [6, 6.07) is 0. The first kappa shape index (κ1) is 8.64. The molecule has 0 heterocycles. The number of Topliss-reactive ketones (excluding diaryl/α,β-unsaturated/α-hetero) is 1. The molecule has 1 rings (SSSR count). The maximum absolute atomic E-state index is 11.9. The first-order valence-electron chi connectivity index (χ1n) is 3.44. The topological polar surface area (TPSA) is 51.2 Å². The lowest BCUT2D eigenvalue weighted by Crippen LogP contribution is -2.26. The summed E-state index contributed by atoms with van der Waals surface area (Å²) in [5.74, 6) is -1.60. The molecular weight excluding hydrogens is 171 g/mol. The van der Waals surface area contributed by atoms with Gasteiger partial charge in [-0.25, -0.2) is 0 Å². The summed E-state index contributed by atoms with van der Waals surface area (Å²) in [5.41, 5.74) is 0. The first-order chi connectivity index (χ1) is 4.99. The predicted octanol–water partition coefficient (Wildman–Crippen LogP) is 0.655. The summed E-state index contributed by atoms with van der Waals surface area (Å²) in [5, 5.41) is 0. The molecule has 1 aliphatic rings. The van der Waals surface area contributed by atoms with Crippen LogP contribution in [0, 0.1) is 5.92 Å². The largest absolute Gasteiger partial charge is 0.309 e. The number of carbonyl (C=O) groups is 1. The van der Waals surface area contributed by atoms with Crippen LogP contribution in [0.25, 0.3) is 0 Å². The average Bonchev–Trinajstić information content (AvgIpc) is 1.50. The molecule has 5 heteroatoms. The molecule has 1 saturated carbocycles. The zero-order valence-electron chi connectivity index (χ0n) is 5.92. The Morgan fingerprint density at radius 3 is 2.27 bits per heavy atom. The second kappa shape index (κ2) is 2.89. The number of hydrogen-bond acceptors (Lipinski definition) is 3. The molecule has 0 N–H and O–H groups in total. The van der Waals surface area contributed by atoms with Crippen molar-refractivity contribution < 1.29 is 17.1 Å². The van der Waals surface area contributed by atoms with Gasteiger partial charge in [0, 0.05) is 5.92 Å². The molecule has 0 unspecified atom stereocenters. The Hall–Kier alpha value is -0.450. The van der Waals surface area contributed by atoms with E-state index in [0.717, 1.165) is 6.42 Å². The Kier molecular flexibility index (Phi) is 2.27. The molecule has 0 aromatic rings. The fourth-order valence-corrected chi connectivity index (χ4v) is 1.59. The Bertz CT molecular complexity index is 253. The lowest BCUT2D eigenvalue weighted by Gasteiger charge is -2.22. The quantitative estimate of drug-likeness (QED) is 0.599. The van der Waals surface area contributed by atoms with Gasteiger partial charge < -0.3 is 0 Å². The minimum absolute atomic E-state index is 0.194. The van der Waals surface area contributed by atoms with Crippen LogP contribution in [0.5, 0.6) is 0 Å². The fraction of sp³-hybridized carbons (Fsp3) is 0.833. The number of ketones is 1. The van der Waals surface area contributed by atoms with Crippen molar-refractivity contribution in [3.63, 3.8) is 0 Å². The van der Waals surface area contributed by atoms with Gasteiger partial charge in [0.15, 0.2) is 5.78 Å². The van der Waals surface area contributed by atoms with Crippen molar-refractivity contribution in [2.24, 2.45) is 5.92 Å². The molecule has 1 aliphatic carbocycles. The van der Waals surface area contributed by atoms with Crippen LogP contribution in [0.2, 0.25) is 0 Å². The van der Waals surface area contributed by atoms with Crippen LogP contribution < -0.4 is 0 Å². The molecule has 0 aromatic carbocycles. The van der Waals surface area contributed by atoms with Gasteiger partial charge in [0.2, 0.25) is 0 Å². The van der Waals surface area contributed by atoms with Crippen LogP contribution in [0.15, 0.2) is 0 Å². The van der Waals surface area contributed by atoms with Crippen molar-refractivity contribution in [2.45, 2.75) is 19.3 Å². The summed E-state index contributed by atoms with van der Waals surface area (Å²) in [7, 11) is -4.59. The summed E-state index contributed by atoms with van der Waals surface area (Å²) in [6.07, 6.45) is 2.38. The molecule has 0 aromatic heterocycles. The van der Waals surface area contributed by atoms with Crippen LogP contribution in [0.4, 0.5) is 3.89 Å². The molecule has 3 nitrogen and oxygen atoms in total. The number of hydrogen-bond donors (Lipinski definition) is 0. The van der Waals surface area contributed by atoms with Crippen molar-refractivity contribution in [2.75, 3.05) is 5.75 Å². The molecular formula is C6H9FO3S. The van der Waals surface area contributed by atoms with Crippen molar-refractivity contribution in [1.29, 1.82) is 0 Å². The molecule has 0 radical (unpaired) electrons. The molecule has 1 fully saturated rings. The lowest BCUT2D eigenvalue weighted by atomic mass is 9.83. The highest BCUT2D eigenvalue weighted by atomic mass is 32.3. The molecule has 0 bridgehead atoms. The van der Waals surface area contributed by atoms with E-state index in [1.54, 1.807) is 0 Å². The average molecular weight is 180 g/mol. The van der Waals surface area contributed by atoms with E-state index < -0.39 is 21.8 Å². The second-order valence-corrected chi connectivity index (χ2v) is 4.14. The maximum Gasteiger partial charge on any atom is 0.309 e. The van der Waals surface area contributed by atoms with Crippen molar-refractivity contribution in [1.82, 2.24) is 0 Å². The molecule has 11 heavy (non-hydrogen) atoms. The summed E-state index contributed by atoms with van der Waals surface area (Å²) >= 11 is 0. The zero-order valence-corrected chi connectivity index (χ0v) is 6.73. The Balaban J connectivity index is 2.43. The van der Waals surface area contributed by atoms with Crippen LogP contribution in [0.3, 0.4) is 0 Å².